The van der Waals surface area contributed by atoms with Crippen molar-refractivity contribution in [1.29, 1.82) is 0 Å². The Balaban J connectivity index is 3.00. The minimum atomic E-state index is -1.21. The minimum absolute atomic E-state index is 0.220. The maximum atomic E-state index is 11.7. The molecule has 1 aromatic carbocycles. The van der Waals surface area contributed by atoms with Crippen LogP contribution in [0.3, 0.4) is 0 Å². The van der Waals surface area contributed by atoms with E-state index in [-0.39, 0.29) is 5.56 Å². The Kier molecular flexibility index (Phi) is 2.55. The molecule has 0 aliphatic rings. The van der Waals surface area contributed by atoms with Crippen LogP contribution >= 0.6 is 15.9 Å². The van der Waals surface area contributed by atoms with Crippen LogP contribution in [0.1, 0.15) is 10.4 Å². The second-order valence-electron chi connectivity index (χ2n) is 3.40. The molecule has 0 unspecified atom stereocenters. The Labute approximate surface area is 99.3 Å². The van der Waals surface area contributed by atoms with E-state index in [4.69, 9.17) is 5.11 Å². The molecule has 2 rings (SSSR count). The summed E-state index contributed by atoms with van der Waals surface area (Å²) in [5.74, 6) is -1.21. The zero-order chi connectivity index (χ0) is 11.9. The number of aryl methyl sites for hydroxylation is 1. The lowest BCUT2D eigenvalue weighted by Gasteiger charge is -2.07. The first-order chi connectivity index (χ1) is 7.52. The van der Waals surface area contributed by atoms with E-state index in [0.717, 1.165) is 4.47 Å². The van der Waals surface area contributed by atoms with Crippen LogP contribution in [0.15, 0.2) is 33.5 Å². The lowest BCUT2D eigenvalue weighted by atomic mass is 10.1. The highest BCUT2D eigenvalue weighted by atomic mass is 79.9. The van der Waals surface area contributed by atoms with E-state index in [9.17, 15) is 9.59 Å². The van der Waals surface area contributed by atoms with Crippen molar-refractivity contribution >= 4 is 32.8 Å². The van der Waals surface area contributed by atoms with Gasteiger partial charge in [-0.25, -0.2) is 4.79 Å². The molecule has 4 nitrogen and oxygen atoms in total. The maximum absolute atomic E-state index is 11.7. The first-order valence-electron chi connectivity index (χ1n) is 4.54. The number of aromatic nitrogens is 1. The van der Waals surface area contributed by atoms with E-state index in [0.29, 0.717) is 10.9 Å². The summed E-state index contributed by atoms with van der Waals surface area (Å²) in [6, 6.07) is 6.77. The van der Waals surface area contributed by atoms with Gasteiger partial charge in [-0.2, -0.15) is 0 Å². The fourth-order valence-electron chi connectivity index (χ4n) is 1.61. The third kappa shape index (κ3) is 1.53. The van der Waals surface area contributed by atoms with Crippen LogP contribution < -0.4 is 5.56 Å². The van der Waals surface area contributed by atoms with Crippen LogP contribution in [0.5, 0.6) is 0 Å². The largest absolute Gasteiger partial charge is 0.477 e. The van der Waals surface area contributed by atoms with Gasteiger partial charge in [-0.1, -0.05) is 22.0 Å². The van der Waals surface area contributed by atoms with Gasteiger partial charge in [0.05, 0.1) is 5.52 Å². The number of nitrogens with zero attached hydrogens (tertiary/aromatic N) is 1. The normalized spacial score (nSPS) is 10.6. The van der Waals surface area contributed by atoms with E-state index >= 15 is 0 Å². The fraction of sp³-hybridized carbons (Fsp3) is 0.0909. The van der Waals surface area contributed by atoms with Crippen LogP contribution in [0.2, 0.25) is 0 Å². The second-order valence-corrected chi connectivity index (χ2v) is 4.25. The number of carboxylic acids is 1. The van der Waals surface area contributed by atoms with Gasteiger partial charge in [0.15, 0.2) is 0 Å². The molecule has 16 heavy (non-hydrogen) atoms. The molecular formula is C11H8BrNO3. The Morgan fingerprint density at radius 1 is 1.44 bits per heavy atom. The highest BCUT2D eigenvalue weighted by Crippen LogP contribution is 2.22. The van der Waals surface area contributed by atoms with Gasteiger partial charge in [-0.15, -0.1) is 0 Å². The fourth-order valence-corrected chi connectivity index (χ4v) is 2.08. The predicted octanol–water partition coefficient (Wildman–Crippen LogP) is 2.00. The van der Waals surface area contributed by atoms with Crippen LogP contribution in [0.25, 0.3) is 10.9 Å². The number of carboxylic acid groups (broad SMARTS) is 1. The molecule has 0 bridgehead atoms. The summed E-state index contributed by atoms with van der Waals surface area (Å²) >= 11 is 3.33. The summed E-state index contributed by atoms with van der Waals surface area (Å²) in [5.41, 5.74) is -0.0237. The highest BCUT2D eigenvalue weighted by Gasteiger charge is 2.13. The molecule has 1 heterocycles. The van der Waals surface area contributed by atoms with E-state index in [1.807, 2.05) is 0 Å². The number of aromatic carboxylic acids is 1. The van der Waals surface area contributed by atoms with Crippen molar-refractivity contribution in [3.05, 3.63) is 44.7 Å². The van der Waals surface area contributed by atoms with Gasteiger partial charge in [-0.3, -0.25) is 4.79 Å². The van der Waals surface area contributed by atoms with Crippen molar-refractivity contribution in [2.45, 2.75) is 0 Å². The number of carbonyl (C=O) groups is 1. The highest BCUT2D eigenvalue weighted by molar-refractivity contribution is 9.10. The summed E-state index contributed by atoms with van der Waals surface area (Å²) < 4.78 is 2.10. The Morgan fingerprint density at radius 3 is 2.75 bits per heavy atom. The summed E-state index contributed by atoms with van der Waals surface area (Å²) in [6.45, 7) is 0. The van der Waals surface area contributed by atoms with Crippen LogP contribution in [0.4, 0.5) is 0 Å². The van der Waals surface area contributed by atoms with Crippen molar-refractivity contribution in [2.75, 3.05) is 0 Å². The van der Waals surface area contributed by atoms with E-state index < -0.39 is 11.5 Å². The molecule has 0 spiro atoms. The van der Waals surface area contributed by atoms with E-state index in [1.165, 1.54) is 10.6 Å². The molecule has 0 radical (unpaired) electrons. The molecule has 2 aromatic rings. The first-order valence-corrected chi connectivity index (χ1v) is 5.33. The predicted molar refractivity (Wildman–Crippen MR) is 63.8 cm³/mol. The molecule has 1 N–H and O–H groups in total. The molecule has 82 valence electrons. The number of pyridine rings is 1. The zero-order valence-electron chi connectivity index (χ0n) is 8.40. The van der Waals surface area contributed by atoms with Crippen molar-refractivity contribution in [3.8, 4) is 0 Å². The molecule has 0 amide bonds. The quantitative estimate of drug-likeness (QED) is 0.870. The van der Waals surface area contributed by atoms with E-state index in [2.05, 4.69) is 15.9 Å². The maximum Gasteiger partial charge on any atom is 0.341 e. The average Bonchev–Trinajstić information content (AvgIpc) is 2.23. The molecule has 5 heteroatoms. The van der Waals surface area contributed by atoms with Gasteiger partial charge in [0.1, 0.15) is 5.56 Å². The monoisotopic (exact) mass is 281 g/mol. The van der Waals surface area contributed by atoms with Crippen molar-refractivity contribution in [1.82, 2.24) is 4.57 Å². The van der Waals surface area contributed by atoms with Crippen molar-refractivity contribution in [3.63, 3.8) is 0 Å². The molecule has 0 saturated heterocycles. The third-order valence-corrected chi connectivity index (χ3v) is 3.14. The number of fused-ring (bicyclic) bond motifs is 1. The topological polar surface area (TPSA) is 59.3 Å². The molecule has 0 aliphatic heterocycles. The summed E-state index contributed by atoms with van der Waals surface area (Å²) in [6.07, 6.45) is 0. The van der Waals surface area contributed by atoms with Gasteiger partial charge in [-0.05, 0) is 18.2 Å². The molecule has 0 saturated carbocycles. The minimum Gasteiger partial charge on any atom is -0.477 e. The SMILES string of the molecule is Cn1c(=O)c(C(=O)O)cc2c(Br)cccc21. The number of benzene rings is 1. The lowest BCUT2D eigenvalue weighted by molar-refractivity contribution is 0.0694. The van der Waals surface area contributed by atoms with Gasteiger partial charge in [0.2, 0.25) is 0 Å². The average molecular weight is 282 g/mol. The number of halogens is 1. The van der Waals surface area contributed by atoms with Gasteiger partial charge in [0, 0.05) is 16.9 Å². The Bertz CT molecular complexity index is 645. The van der Waals surface area contributed by atoms with Gasteiger partial charge < -0.3 is 9.67 Å². The molecule has 0 fully saturated rings. The van der Waals surface area contributed by atoms with Crippen LogP contribution in [-0.2, 0) is 7.05 Å². The van der Waals surface area contributed by atoms with E-state index in [1.54, 1.807) is 25.2 Å². The molecule has 0 aliphatic carbocycles. The standard InChI is InChI=1S/C11H8BrNO3/c1-13-9-4-2-3-8(12)6(9)5-7(10(13)14)11(15)16/h2-5H,1H3,(H,15,16). The van der Waals surface area contributed by atoms with Gasteiger partial charge in [0.25, 0.3) is 5.56 Å². The molecule has 1 aromatic heterocycles. The lowest BCUT2D eigenvalue weighted by Crippen LogP contribution is -2.24. The Hall–Kier alpha value is -1.62. The molecule has 0 atom stereocenters. The molecular weight excluding hydrogens is 274 g/mol. The van der Waals surface area contributed by atoms with Crippen molar-refractivity contribution < 1.29 is 9.90 Å². The van der Waals surface area contributed by atoms with Crippen molar-refractivity contribution in [2.24, 2.45) is 7.05 Å². The van der Waals surface area contributed by atoms with Gasteiger partial charge >= 0.3 is 5.97 Å². The zero-order valence-corrected chi connectivity index (χ0v) is 9.98. The Morgan fingerprint density at radius 2 is 2.12 bits per heavy atom. The first kappa shape index (κ1) is 10.9. The number of hydrogen-bond acceptors (Lipinski definition) is 2. The van der Waals surface area contributed by atoms with Crippen LogP contribution in [0, 0.1) is 0 Å². The smallest absolute Gasteiger partial charge is 0.341 e. The van der Waals surface area contributed by atoms with Crippen LogP contribution in [-0.4, -0.2) is 15.6 Å². The summed E-state index contributed by atoms with van der Waals surface area (Å²) in [7, 11) is 1.56. The second kappa shape index (κ2) is 3.75. The summed E-state index contributed by atoms with van der Waals surface area (Å²) in [4.78, 5) is 22.6. The number of hydrogen-bond donors (Lipinski definition) is 1. The number of rotatable bonds is 1. The third-order valence-electron chi connectivity index (χ3n) is 2.45. The summed E-state index contributed by atoms with van der Waals surface area (Å²) in [5, 5.41) is 9.62.